The number of hydrogen-bond acceptors (Lipinski definition) is 5. The Morgan fingerprint density at radius 2 is 2.23 bits per heavy atom. The number of rotatable bonds is 7. The Morgan fingerprint density at radius 3 is 3.00 bits per heavy atom. The monoisotopic (exact) mass is 352 g/mol. The zero-order valence-corrected chi connectivity index (χ0v) is 14.9. The van der Waals surface area contributed by atoms with Crippen molar-refractivity contribution in [1.82, 2.24) is 29.8 Å². The van der Waals surface area contributed by atoms with E-state index in [1.807, 2.05) is 43.0 Å². The molecule has 0 aliphatic carbocycles. The first-order chi connectivity index (χ1) is 12.9. The van der Waals surface area contributed by atoms with E-state index in [4.69, 9.17) is 4.74 Å². The maximum Gasteiger partial charge on any atom is 0.138 e. The minimum absolute atomic E-state index is 0.0263. The molecule has 3 atom stereocenters. The van der Waals surface area contributed by atoms with Crippen molar-refractivity contribution in [3.63, 3.8) is 0 Å². The summed E-state index contributed by atoms with van der Waals surface area (Å²) >= 11 is 0. The Bertz CT molecular complexity index is 801. The third kappa shape index (κ3) is 3.40. The van der Waals surface area contributed by atoms with Crippen LogP contribution in [-0.2, 0) is 11.3 Å². The first kappa shape index (κ1) is 16.9. The molecule has 1 unspecified atom stereocenters. The summed E-state index contributed by atoms with van der Waals surface area (Å²) in [4.78, 5) is 16.7. The lowest BCUT2D eigenvalue weighted by molar-refractivity contribution is 0.0799. The second-order valence-corrected chi connectivity index (χ2v) is 6.48. The van der Waals surface area contributed by atoms with Gasteiger partial charge in [-0.2, -0.15) is 0 Å². The van der Waals surface area contributed by atoms with Crippen molar-refractivity contribution in [3.05, 3.63) is 66.5 Å². The number of pyridine rings is 1. The van der Waals surface area contributed by atoms with E-state index >= 15 is 0 Å². The molecule has 0 bridgehead atoms. The zero-order valence-electron chi connectivity index (χ0n) is 14.9. The van der Waals surface area contributed by atoms with Crippen LogP contribution in [0, 0.1) is 5.92 Å². The second kappa shape index (κ2) is 7.80. The molecule has 1 aliphatic heterocycles. The molecular formula is C19H24N6O. The van der Waals surface area contributed by atoms with Crippen LogP contribution in [0.15, 0.2) is 49.2 Å². The predicted octanol–water partition coefficient (Wildman–Crippen LogP) is 2.48. The Kier molecular flexibility index (Phi) is 5.08. The number of nitrogens with one attached hydrogen (secondary N) is 2. The topological polar surface area (TPSA) is 80.7 Å². The van der Waals surface area contributed by atoms with E-state index in [2.05, 4.69) is 36.7 Å². The Balaban J connectivity index is 1.50. The molecule has 4 rings (SSSR count). The predicted molar refractivity (Wildman–Crippen MR) is 97.4 cm³/mol. The lowest BCUT2D eigenvalue weighted by Crippen LogP contribution is -2.31. The Hall–Kier alpha value is -2.51. The molecule has 0 radical (unpaired) electrons. The molecule has 7 heteroatoms. The summed E-state index contributed by atoms with van der Waals surface area (Å²) in [6.07, 6.45) is 10.3. The van der Waals surface area contributed by atoms with Crippen LogP contribution >= 0.6 is 0 Å². The van der Waals surface area contributed by atoms with Crippen molar-refractivity contribution in [3.8, 4) is 0 Å². The lowest BCUT2D eigenvalue weighted by atomic mass is 10.00. The number of nitrogens with zero attached hydrogens (tertiary/aromatic N) is 4. The first-order valence-corrected chi connectivity index (χ1v) is 9.13. The summed E-state index contributed by atoms with van der Waals surface area (Å²) < 4.78 is 8.18. The van der Waals surface area contributed by atoms with Crippen LogP contribution in [0.1, 0.15) is 42.8 Å². The fraction of sp³-hybridized carbons (Fsp3) is 0.421. The van der Waals surface area contributed by atoms with E-state index in [1.54, 1.807) is 6.20 Å². The highest BCUT2D eigenvalue weighted by Gasteiger charge is 2.33. The minimum Gasteiger partial charge on any atom is -0.370 e. The summed E-state index contributed by atoms with van der Waals surface area (Å²) in [6.45, 7) is 4.60. The van der Waals surface area contributed by atoms with Gasteiger partial charge in [-0.15, -0.1) is 0 Å². The molecule has 3 aromatic heterocycles. The van der Waals surface area contributed by atoms with Gasteiger partial charge in [-0.3, -0.25) is 4.98 Å². The molecule has 0 saturated carbocycles. The molecule has 4 heterocycles. The molecule has 0 spiro atoms. The molecule has 3 aromatic rings. The molecular weight excluding hydrogens is 328 g/mol. The van der Waals surface area contributed by atoms with Crippen LogP contribution in [0.2, 0.25) is 0 Å². The summed E-state index contributed by atoms with van der Waals surface area (Å²) in [6, 6.07) is 5.87. The van der Waals surface area contributed by atoms with Crippen molar-refractivity contribution in [2.24, 2.45) is 5.92 Å². The number of aromatic amines is 1. The fourth-order valence-corrected chi connectivity index (χ4v) is 3.57. The van der Waals surface area contributed by atoms with Crippen molar-refractivity contribution in [2.45, 2.75) is 32.0 Å². The minimum atomic E-state index is -0.0710. The van der Waals surface area contributed by atoms with E-state index in [-0.39, 0.29) is 12.1 Å². The van der Waals surface area contributed by atoms with Gasteiger partial charge in [-0.05, 0) is 25.5 Å². The van der Waals surface area contributed by atoms with E-state index in [1.165, 1.54) is 0 Å². The normalized spacial score (nSPS) is 21.1. The Labute approximate surface area is 152 Å². The molecule has 0 amide bonds. The van der Waals surface area contributed by atoms with Crippen LogP contribution in [0.4, 0.5) is 0 Å². The van der Waals surface area contributed by atoms with Gasteiger partial charge >= 0.3 is 0 Å². The molecule has 1 aliphatic rings. The SMILES string of the molecule is CCn1ccnc1[C@@H]1OCC[C@H]1CNC(c1ccccn1)c1ncc[nH]1. The average molecular weight is 352 g/mol. The number of H-pyrrole nitrogens is 1. The highest BCUT2D eigenvalue weighted by Crippen LogP contribution is 2.34. The van der Waals surface area contributed by atoms with Gasteiger partial charge in [0.15, 0.2) is 0 Å². The van der Waals surface area contributed by atoms with Crippen molar-refractivity contribution < 1.29 is 4.74 Å². The van der Waals surface area contributed by atoms with Crippen molar-refractivity contribution in [1.29, 1.82) is 0 Å². The van der Waals surface area contributed by atoms with Gasteiger partial charge in [0.2, 0.25) is 0 Å². The van der Waals surface area contributed by atoms with E-state index in [9.17, 15) is 0 Å². The lowest BCUT2D eigenvalue weighted by Gasteiger charge is -2.22. The molecule has 1 saturated heterocycles. The maximum atomic E-state index is 6.02. The number of aryl methyl sites for hydroxylation is 1. The average Bonchev–Trinajstić information content (AvgIpc) is 3.44. The van der Waals surface area contributed by atoms with Gasteiger partial charge < -0.3 is 19.6 Å². The van der Waals surface area contributed by atoms with Gasteiger partial charge in [0.25, 0.3) is 0 Å². The maximum absolute atomic E-state index is 6.02. The highest BCUT2D eigenvalue weighted by molar-refractivity contribution is 5.17. The van der Waals surface area contributed by atoms with Gasteiger partial charge in [-0.25, -0.2) is 9.97 Å². The van der Waals surface area contributed by atoms with Gasteiger partial charge in [-0.1, -0.05) is 6.07 Å². The number of ether oxygens (including phenoxy) is 1. The van der Waals surface area contributed by atoms with Crippen LogP contribution in [0.5, 0.6) is 0 Å². The van der Waals surface area contributed by atoms with E-state index < -0.39 is 0 Å². The largest absolute Gasteiger partial charge is 0.370 e. The standard InChI is InChI=1S/C19H24N6O/c1-2-25-11-10-23-19(25)17-14(6-12-26-17)13-24-16(18-21-8-9-22-18)15-5-3-4-7-20-15/h3-5,7-11,14,16-17,24H,2,6,12-13H2,1H3,(H,21,22)/t14-,16?,17+/m0/s1. The molecule has 7 nitrogen and oxygen atoms in total. The quantitative estimate of drug-likeness (QED) is 0.683. The summed E-state index contributed by atoms with van der Waals surface area (Å²) in [7, 11) is 0. The van der Waals surface area contributed by atoms with Crippen molar-refractivity contribution in [2.75, 3.05) is 13.2 Å². The number of hydrogen-bond donors (Lipinski definition) is 2. The molecule has 0 aromatic carbocycles. The molecule has 1 fully saturated rings. The third-order valence-corrected chi connectivity index (χ3v) is 4.92. The third-order valence-electron chi connectivity index (χ3n) is 4.92. The molecule has 136 valence electrons. The van der Waals surface area contributed by atoms with Crippen LogP contribution in [-0.4, -0.2) is 37.7 Å². The van der Waals surface area contributed by atoms with Crippen molar-refractivity contribution >= 4 is 0 Å². The summed E-state index contributed by atoms with van der Waals surface area (Å²) in [5.41, 5.74) is 0.952. The highest BCUT2D eigenvalue weighted by atomic mass is 16.5. The fourth-order valence-electron chi connectivity index (χ4n) is 3.57. The van der Waals surface area contributed by atoms with Gasteiger partial charge in [0.1, 0.15) is 23.8 Å². The smallest absolute Gasteiger partial charge is 0.138 e. The van der Waals surface area contributed by atoms with E-state index in [0.29, 0.717) is 5.92 Å². The first-order valence-electron chi connectivity index (χ1n) is 9.13. The van der Waals surface area contributed by atoms with E-state index in [0.717, 1.165) is 43.5 Å². The van der Waals surface area contributed by atoms with Gasteiger partial charge in [0.05, 0.1) is 5.69 Å². The van der Waals surface area contributed by atoms with Crippen LogP contribution < -0.4 is 5.32 Å². The second-order valence-electron chi connectivity index (χ2n) is 6.48. The Morgan fingerprint density at radius 1 is 1.27 bits per heavy atom. The van der Waals surface area contributed by atoms with Crippen LogP contribution in [0.3, 0.4) is 0 Å². The van der Waals surface area contributed by atoms with Gasteiger partial charge in [0, 0.05) is 56.6 Å². The summed E-state index contributed by atoms with van der Waals surface area (Å²) in [5, 5.41) is 3.64. The number of imidazole rings is 2. The molecule has 26 heavy (non-hydrogen) atoms. The summed E-state index contributed by atoms with van der Waals surface area (Å²) in [5.74, 6) is 2.25. The zero-order chi connectivity index (χ0) is 17.8. The van der Waals surface area contributed by atoms with Crippen LogP contribution in [0.25, 0.3) is 0 Å². The molecule has 2 N–H and O–H groups in total. The number of aromatic nitrogens is 5.